The number of fused-ring (bicyclic) bond motifs is 5. The monoisotopic (exact) mass is 415 g/mol. The summed E-state index contributed by atoms with van der Waals surface area (Å²) in [6, 6.07) is 5.54. The lowest BCUT2D eigenvalue weighted by Crippen LogP contribution is -2.37. The number of hydrogen-bond donors (Lipinski definition) is 0. The number of nitrogens with zero attached hydrogens (tertiary/aromatic N) is 1. The van der Waals surface area contributed by atoms with Gasteiger partial charge in [0.15, 0.2) is 0 Å². The minimum atomic E-state index is -0.376. The highest BCUT2D eigenvalue weighted by Gasteiger charge is 2.66. The Kier molecular flexibility index (Phi) is 3.05. The molecule has 3 nitrogen and oxygen atoms in total. The molecule has 110 valence electrons. The molecule has 0 radical (unpaired) electrons. The quantitative estimate of drug-likeness (QED) is 0.521. The predicted octanol–water partition coefficient (Wildman–Crippen LogP) is 3.11. The van der Waals surface area contributed by atoms with Crippen LogP contribution in [0.2, 0.25) is 0 Å². The summed E-state index contributed by atoms with van der Waals surface area (Å²) in [5, 5.41) is 0. The van der Waals surface area contributed by atoms with Gasteiger partial charge in [-0.05, 0) is 42.5 Å². The fraction of sp³-hybridized carbons (Fsp3) is 0.467. The van der Waals surface area contributed by atoms with E-state index in [1.54, 1.807) is 0 Å². The van der Waals surface area contributed by atoms with Crippen LogP contribution in [0.3, 0.4) is 0 Å². The number of imide groups is 1. The van der Waals surface area contributed by atoms with Gasteiger partial charge >= 0.3 is 0 Å². The van der Waals surface area contributed by atoms with Crippen molar-refractivity contribution in [1.29, 1.82) is 0 Å². The van der Waals surface area contributed by atoms with E-state index in [1.165, 1.54) is 29.2 Å². The van der Waals surface area contributed by atoms with Gasteiger partial charge in [0.2, 0.25) is 11.8 Å². The Labute approximate surface area is 138 Å². The topological polar surface area (TPSA) is 37.4 Å². The first-order valence-electron chi connectivity index (χ1n) is 6.92. The summed E-state index contributed by atoms with van der Waals surface area (Å²) in [4.78, 5) is 27.1. The summed E-state index contributed by atoms with van der Waals surface area (Å²) >= 11 is 7.30. The average Bonchev–Trinajstić information content (AvgIpc) is 3.06. The maximum atomic E-state index is 13.0. The number of amides is 2. The van der Waals surface area contributed by atoms with Crippen molar-refractivity contribution in [1.82, 2.24) is 0 Å². The third-order valence-electron chi connectivity index (χ3n) is 5.07. The van der Waals surface area contributed by atoms with Crippen molar-refractivity contribution in [3.8, 4) is 0 Å². The van der Waals surface area contributed by atoms with E-state index in [1.807, 2.05) is 0 Å². The lowest BCUT2D eigenvalue weighted by molar-refractivity contribution is -0.123. The van der Waals surface area contributed by atoms with Crippen LogP contribution in [-0.2, 0) is 9.59 Å². The Morgan fingerprint density at radius 1 is 0.952 bits per heavy atom. The van der Waals surface area contributed by atoms with Gasteiger partial charge in [-0.3, -0.25) is 14.5 Å². The van der Waals surface area contributed by atoms with Gasteiger partial charge in [-0.1, -0.05) is 31.9 Å². The van der Waals surface area contributed by atoms with Gasteiger partial charge in [0.25, 0.3) is 0 Å². The molecule has 2 bridgehead atoms. The van der Waals surface area contributed by atoms with Crippen molar-refractivity contribution >= 4 is 49.4 Å². The van der Waals surface area contributed by atoms with Crippen LogP contribution in [0, 0.1) is 29.5 Å². The summed E-state index contributed by atoms with van der Waals surface area (Å²) in [5.41, 5.74) is 0.470. The van der Waals surface area contributed by atoms with Crippen molar-refractivity contribution in [2.45, 2.75) is 16.1 Å². The highest BCUT2D eigenvalue weighted by atomic mass is 79.9. The second-order valence-electron chi connectivity index (χ2n) is 5.99. The summed E-state index contributed by atoms with van der Waals surface area (Å²) in [6.45, 7) is 0. The zero-order valence-electron chi connectivity index (χ0n) is 10.9. The number of benzene rings is 1. The number of rotatable bonds is 1. The first kappa shape index (κ1) is 13.9. The zero-order chi connectivity index (χ0) is 14.9. The second-order valence-corrected chi connectivity index (χ2v) is 8.11. The Morgan fingerprint density at radius 3 is 1.90 bits per heavy atom. The summed E-state index contributed by atoms with van der Waals surface area (Å²) in [5.74, 6) is -0.700. The first-order valence-corrected chi connectivity index (χ1v) is 8.75. The van der Waals surface area contributed by atoms with Crippen LogP contribution >= 0.6 is 31.9 Å². The Hall–Kier alpha value is -0.750. The van der Waals surface area contributed by atoms with E-state index in [4.69, 9.17) is 0 Å². The number of alkyl halides is 2. The van der Waals surface area contributed by atoms with Gasteiger partial charge in [-0.2, -0.15) is 0 Å². The third kappa shape index (κ3) is 1.75. The number of halogens is 3. The van der Waals surface area contributed by atoms with Gasteiger partial charge in [0.05, 0.1) is 17.5 Å². The van der Waals surface area contributed by atoms with Crippen LogP contribution < -0.4 is 4.90 Å². The van der Waals surface area contributed by atoms with Crippen molar-refractivity contribution in [3.05, 3.63) is 30.1 Å². The van der Waals surface area contributed by atoms with Crippen LogP contribution in [0.25, 0.3) is 0 Å². The molecule has 3 fully saturated rings. The Morgan fingerprint density at radius 2 is 1.43 bits per heavy atom. The minimum Gasteiger partial charge on any atom is -0.274 e. The predicted molar refractivity (Wildman–Crippen MR) is 82.9 cm³/mol. The van der Waals surface area contributed by atoms with Crippen LogP contribution in [0.15, 0.2) is 24.3 Å². The largest absolute Gasteiger partial charge is 0.274 e. The maximum Gasteiger partial charge on any atom is 0.238 e. The molecule has 2 saturated carbocycles. The number of carbonyl (C=O) groups is 2. The molecule has 0 aromatic heterocycles. The molecule has 1 aromatic carbocycles. The molecule has 1 heterocycles. The summed E-state index contributed by atoms with van der Waals surface area (Å²) in [6.07, 6.45) is 0.913. The lowest BCUT2D eigenvalue weighted by Gasteiger charge is -2.28. The van der Waals surface area contributed by atoms with Gasteiger partial charge in [0.1, 0.15) is 5.82 Å². The summed E-state index contributed by atoms with van der Waals surface area (Å²) < 4.78 is 13.0. The van der Waals surface area contributed by atoms with Gasteiger partial charge in [-0.15, -0.1) is 0 Å². The van der Waals surface area contributed by atoms with Gasteiger partial charge in [0, 0.05) is 9.65 Å². The third-order valence-corrected chi connectivity index (χ3v) is 8.28. The molecule has 21 heavy (non-hydrogen) atoms. The number of anilines is 1. The molecule has 1 aliphatic heterocycles. The molecule has 1 saturated heterocycles. The van der Waals surface area contributed by atoms with E-state index in [0.717, 1.165) is 6.42 Å². The molecule has 1 aromatic rings. The molecule has 0 spiro atoms. The molecule has 0 N–H and O–H groups in total. The Balaban J connectivity index is 1.73. The van der Waals surface area contributed by atoms with E-state index in [9.17, 15) is 14.0 Å². The molecule has 6 heteroatoms. The molecule has 4 rings (SSSR count). The SMILES string of the molecule is O=C1[C@@H]2[C@H]3C[C@H]([C@H](Br)[C@@H]3Br)[C@@H]2C(=O)N1c1ccc(F)cc1. The zero-order valence-corrected chi connectivity index (χ0v) is 14.1. The van der Waals surface area contributed by atoms with E-state index in [2.05, 4.69) is 31.9 Å². The second kappa shape index (κ2) is 4.62. The van der Waals surface area contributed by atoms with Gasteiger partial charge < -0.3 is 0 Å². The van der Waals surface area contributed by atoms with Crippen LogP contribution in [0.1, 0.15) is 6.42 Å². The Bertz CT molecular complexity index is 603. The van der Waals surface area contributed by atoms with Crippen molar-refractivity contribution in [3.63, 3.8) is 0 Å². The number of hydrogen-bond acceptors (Lipinski definition) is 2. The highest BCUT2D eigenvalue weighted by molar-refractivity contribution is 9.12. The standard InChI is InChI=1S/C15H12Br2FNO2/c16-12-8-5-9(13(12)17)11-10(8)14(20)19(15(11)21)7-3-1-6(18)2-4-7/h1-4,8-13H,5H2/t8-,9+,10-,11+,12-,13+. The van der Waals surface area contributed by atoms with E-state index >= 15 is 0 Å². The number of carbonyl (C=O) groups excluding carboxylic acids is 2. The van der Waals surface area contributed by atoms with Crippen LogP contribution in [0.5, 0.6) is 0 Å². The van der Waals surface area contributed by atoms with Crippen LogP contribution in [0.4, 0.5) is 10.1 Å². The van der Waals surface area contributed by atoms with Crippen molar-refractivity contribution in [2.24, 2.45) is 23.7 Å². The highest BCUT2D eigenvalue weighted by Crippen LogP contribution is 2.60. The normalized spacial score (nSPS) is 41.0. The van der Waals surface area contributed by atoms with E-state index in [0.29, 0.717) is 5.69 Å². The maximum absolute atomic E-state index is 13.0. The first-order chi connectivity index (χ1) is 10.0. The van der Waals surface area contributed by atoms with Crippen molar-refractivity contribution in [2.75, 3.05) is 4.90 Å². The molecule has 0 unspecified atom stereocenters. The summed E-state index contributed by atoms with van der Waals surface area (Å²) in [7, 11) is 0. The molecular formula is C15H12Br2FNO2. The van der Waals surface area contributed by atoms with Gasteiger partial charge in [-0.25, -0.2) is 4.39 Å². The molecular weight excluding hydrogens is 405 g/mol. The minimum absolute atomic E-state index is 0.132. The molecule has 2 amide bonds. The molecule has 3 aliphatic rings. The smallest absolute Gasteiger partial charge is 0.238 e. The fourth-order valence-electron chi connectivity index (χ4n) is 4.19. The lowest BCUT2D eigenvalue weighted by atomic mass is 9.81. The van der Waals surface area contributed by atoms with Crippen LogP contribution in [-0.4, -0.2) is 21.5 Å². The average molecular weight is 417 g/mol. The van der Waals surface area contributed by atoms with E-state index in [-0.39, 0.29) is 51.0 Å². The fourth-order valence-corrected chi connectivity index (χ4v) is 6.07. The van der Waals surface area contributed by atoms with E-state index < -0.39 is 0 Å². The molecule has 2 aliphatic carbocycles. The molecule has 6 atom stereocenters. The van der Waals surface area contributed by atoms with Crippen molar-refractivity contribution < 1.29 is 14.0 Å².